The van der Waals surface area contributed by atoms with E-state index in [0.717, 1.165) is 30.5 Å². The first-order valence-electron chi connectivity index (χ1n) is 7.32. The largest absolute Gasteiger partial charge is 0.356 e. The molecular formula is C16H19ClN4. The Hall–Kier alpha value is -1.81. The maximum Gasteiger partial charge on any atom is 0.229 e. The van der Waals surface area contributed by atoms with Crippen molar-refractivity contribution in [3.63, 3.8) is 0 Å². The summed E-state index contributed by atoms with van der Waals surface area (Å²) in [4.78, 5) is 11.2. The number of rotatable bonds is 3. The van der Waals surface area contributed by atoms with E-state index in [-0.39, 0.29) is 0 Å². The molecule has 5 heteroatoms. The molecule has 1 saturated heterocycles. The van der Waals surface area contributed by atoms with Crippen LogP contribution in [0.3, 0.4) is 0 Å². The summed E-state index contributed by atoms with van der Waals surface area (Å²) in [5, 5.41) is 3.84. The molecule has 0 amide bonds. The van der Waals surface area contributed by atoms with Crippen molar-refractivity contribution in [2.24, 2.45) is 5.92 Å². The van der Waals surface area contributed by atoms with Crippen LogP contribution in [0.15, 0.2) is 36.5 Å². The van der Waals surface area contributed by atoms with Crippen molar-refractivity contribution >= 4 is 29.1 Å². The lowest BCUT2D eigenvalue weighted by atomic mass is 9.99. The minimum Gasteiger partial charge on any atom is -0.356 e. The number of halogens is 1. The van der Waals surface area contributed by atoms with E-state index in [4.69, 9.17) is 11.6 Å². The Bertz CT molecular complexity index is 609. The van der Waals surface area contributed by atoms with Gasteiger partial charge >= 0.3 is 0 Å². The predicted octanol–water partition coefficient (Wildman–Crippen LogP) is 4.11. The van der Waals surface area contributed by atoms with E-state index >= 15 is 0 Å². The molecule has 4 nitrogen and oxygen atoms in total. The molecule has 0 radical (unpaired) electrons. The van der Waals surface area contributed by atoms with Gasteiger partial charge in [0.2, 0.25) is 5.95 Å². The van der Waals surface area contributed by atoms with E-state index in [9.17, 15) is 0 Å². The number of nitrogens with zero attached hydrogens (tertiary/aromatic N) is 3. The highest BCUT2D eigenvalue weighted by atomic mass is 35.5. The zero-order valence-corrected chi connectivity index (χ0v) is 12.8. The van der Waals surface area contributed by atoms with Crippen LogP contribution in [-0.4, -0.2) is 23.1 Å². The monoisotopic (exact) mass is 302 g/mol. The number of benzene rings is 1. The molecule has 0 saturated carbocycles. The topological polar surface area (TPSA) is 41.1 Å². The van der Waals surface area contributed by atoms with Gasteiger partial charge in [-0.25, -0.2) is 4.98 Å². The third-order valence-electron chi connectivity index (χ3n) is 3.87. The van der Waals surface area contributed by atoms with Crippen molar-refractivity contribution in [1.82, 2.24) is 9.97 Å². The van der Waals surface area contributed by atoms with Crippen LogP contribution in [0.4, 0.5) is 17.5 Å². The van der Waals surface area contributed by atoms with Gasteiger partial charge in [-0.3, -0.25) is 0 Å². The predicted molar refractivity (Wildman–Crippen MR) is 87.4 cm³/mol. The zero-order valence-electron chi connectivity index (χ0n) is 12.1. The Morgan fingerprint density at radius 2 is 1.95 bits per heavy atom. The normalized spacial score (nSPS) is 16.0. The third-order valence-corrected chi connectivity index (χ3v) is 4.20. The molecule has 0 aliphatic carbocycles. The van der Waals surface area contributed by atoms with Gasteiger partial charge in [-0.15, -0.1) is 0 Å². The number of piperidine rings is 1. The van der Waals surface area contributed by atoms with E-state index in [1.165, 1.54) is 12.8 Å². The lowest BCUT2D eigenvalue weighted by Gasteiger charge is -2.31. The molecule has 2 aromatic rings. The lowest BCUT2D eigenvalue weighted by molar-refractivity contribution is 0.436. The molecule has 0 bridgehead atoms. The van der Waals surface area contributed by atoms with E-state index in [1.807, 2.05) is 30.3 Å². The Kier molecular flexibility index (Phi) is 4.25. The molecule has 3 rings (SSSR count). The SMILES string of the molecule is CC1CCN(c2ccnc(Nc3ccccc3Cl)n2)CC1. The van der Waals surface area contributed by atoms with Crippen molar-refractivity contribution < 1.29 is 0 Å². The van der Waals surface area contributed by atoms with Crippen molar-refractivity contribution in [1.29, 1.82) is 0 Å². The van der Waals surface area contributed by atoms with Crippen LogP contribution in [0.2, 0.25) is 5.02 Å². The third kappa shape index (κ3) is 3.45. The zero-order chi connectivity index (χ0) is 14.7. The van der Waals surface area contributed by atoms with Gasteiger partial charge in [-0.2, -0.15) is 4.98 Å². The Balaban J connectivity index is 1.76. The molecule has 0 atom stereocenters. The Labute approximate surface area is 130 Å². The number of para-hydroxylation sites is 1. The fourth-order valence-electron chi connectivity index (χ4n) is 2.51. The average molecular weight is 303 g/mol. The molecule has 0 spiro atoms. The summed E-state index contributed by atoms with van der Waals surface area (Å²) in [6.45, 7) is 4.43. The van der Waals surface area contributed by atoms with Crippen LogP contribution in [-0.2, 0) is 0 Å². The number of aromatic nitrogens is 2. The van der Waals surface area contributed by atoms with Gasteiger partial charge in [0.15, 0.2) is 0 Å². The minimum absolute atomic E-state index is 0.583. The van der Waals surface area contributed by atoms with Crippen LogP contribution < -0.4 is 10.2 Å². The van der Waals surface area contributed by atoms with Crippen LogP contribution in [0, 0.1) is 5.92 Å². The number of nitrogens with one attached hydrogen (secondary N) is 1. The smallest absolute Gasteiger partial charge is 0.229 e. The second-order valence-corrected chi connectivity index (χ2v) is 5.92. The van der Waals surface area contributed by atoms with Gasteiger partial charge < -0.3 is 10.2 Å². The molecule has 0 unspecified atom stereocenters. The molecule has 1 aliphatic rings. The molecular weight excluding hydrogens is 284 g/mol. The molecule has 2 heterocycles. The lowest BCUT2D eigenvalue weighted by Crippen LogP contribution is -2.33. The minimum atomic E-state index is 0.583. The van der Waals surface area contributed by atoms with Crippen molar-refractivity contribution in [3.05, 3.63) is 41.6 Å². The first-order chi connectivity index (χ1) is 10.2. The fourth-order valence-corrected chi connectivity index (χ4v) is 2.69. The quantitative estimate of drug-likeness (QED) is 0.926. The second-order valence-electron chi connectivity index (χ2n) is 5.51. The molecule has 1 fully saturated rings. The van der Waals surface area contributed by atoms with Gasteiger partial charge in [0.1, 0.15) is 5.82 Å². The van der Waals surface area contributed by atoms with E-state index in [2.05, 4.69) is 27.1 Å². The average Bonchev–Trinajstić information content (AvgIpc) is 2.51. The van der Waals surface area contributed by atoms with Crippen molar-refractivity contribution in [3.8, 4) is 0 Å². The highest BCUT2D eigenvalue weighted by Gasteiger charge is 2.17. The van der Waals surface area contributed by atoms with E-state index in [0.29, 0.717) is 11.0 Å². The molecule has 21 heavy (non-hydrogen) atoms. The van der Waals surface area contributed by atoms with Gasteiger partial charge in [0.25, 0.3) is 0 Å². The fraction of sp³-hybridized carbons (Fsp3) is 0.375. The first kappa shape index (κ1) is 14.1. The first-order valence-corrected chi connectivity index (χ1v) is 7.70. The molecule has 1 aromatic heterocycles. The highest BCUT2D eigenvalue weighted by molar-refractivity contribution is 6.33. The molecule has 110 valence electrons. The molecule has 1 N–H and O–H groups in total. The summed E-state index contributed by atoms with van der Waals surface area (Å²) >= 11 is 6.15. The van der Waals surface area contributed by atoms with Crippen LogP contribution >= 0.6 is 11.6 Å². The van der Waals surface area contributed by atoms with Crippen molar-refractivity contribution in [2.45, 2.75) is 19.8 Å². The Morgan fingerprint density at radius 1 is 1.19 bits per heavy atom. The summed E-state index contributed by atoms with van der Waals surface area (Å²) in [5.74, 6) is 2.37. The molecule has 1 aromatic carbocycles. The van der Waals surface area contributed by atoms with Gasteiger partial charge in [0.05, 0.1) is 10.7 Å². The summed E-state index contributed by atoms with van der Waals surface area (Å²) in [6, 6.07) is 9.57. The Morgan fingerprint density at radius 3 is 2.71 bits per heavy atom. The van der Waals surface area contributed by atoms with Gasteiger partial charge in [-0.1, -0.05) is 30.7 Å². The van der Waals surface area contributed by atoms with Crippen LogP contribution in [0.25, 0.3) is 0 Å². The van der Waals surface area contributed by atoms with Crippen LogP contribution in [0.1, 0.15) is 19.8 Å². The number of hydrogen-bond acceptors (Lipinski definition) is 4. The summed E-state index contributed by atoms with van der Waals surface area (Å²) in [7, 11) is 0. The van der Waals surface area contributed by atoms with Gasteiger partial charge in [-0.05, 0) is 37.0 Å². The summed E-state index contributed by atoms with van der Waals surface area (Å²) in [6.07, 6.45) is 4.23. The second kappa shape index (κ2) is 6.31. The summed E-state index contributed by atoms with van der Waals surface area (Å²) < 4.78 is 0. The standard InChI is InChI=1S/C16H19ClN4/c1-12-7-10-21(11-8-12)15-6-9-18-16(20-15)19-14-5-3-2-4-13(14)17/h2-6,9,12H,7-8,10-11H2,1H3,(H,18,19,20). The highest BCUT2D eigenvalue weighted by Crippen LogP contribution is 2.25. The van der Waals surface area contributed by atoms with Crippen LogP contribution in [0.5, 0.6) is 0 Å². The molecule has 1 aliphatic heterocycles. The van der Waals surface area contributed by atoms with Gasteiger partial charge in [0, 0.05) is 19.3 Å². The van der Waals surface area contributed by atoms with E-state index in [1.54, 1.807) is 6.20 Å². The summed E-state index contributed by atoms with van der Waals surface area (Å²) in [5.41, 5.74) is 0.823. The maximum atomic E-state index is 6.15. The number of hydrogen-bond donors (Lipinski definition) is 1. The van der Waals surface area contributed by atoms with Crippen molar-refractivity contribution in [2.75, 3.05) is 23.3 Å². The maximum absolute atomic E-state index is 6.15. The van der Waals surface area contributed by atoms with E-state index < -0.39 is 0 Å². The number of anilines is 3.